The van der Waals surface area contributed by atoms with Gasteiger partial charge in [-0.1, -0.05) is 48.7 Å². The molecule has 156 valence electrons. The van der Waals surface area contributed by atoms with Crippen molar-refractivity contribution in [3.63, 3.8) is 0 Å². The fourth-order valence-electron chi connectivity index (χ4n) is 1.85. The molecule has 0 aromatic carbocycles. The van der Waals surface area contributed by atoms with Crippen LogP contribution in [-0.4, -0.2) is 52.5 Å². The summed E-state index contributed by atoms with van der Waals surface area (Å²) >= 11 is 16.5. The average molecular weight is 451 g/mol. The molecular formula is C15H22Cl3NO8. The number of ether oxygens (including phenoxy) is 3. The topological polar surface area (TPSA) is 121 Å². The Bertz CT molecular complexity index is 550. The summed E-state index contributed by atoms with van der Waals surface area (Å²) in [5, 5.41) is 7.49. The Morgan fingerprint density at radius 1 is 0.926 bits per heavy atom. The summed E-state index contributed by atoms with van der Waals surface area (Å²) in [6.07, 6.45) is -3.51. The molecule has 0 amide bonds. The van der Waals surface area contributed by atoms with Gasteiger partial charge in [0.25, 0.3) is 9.69 Å². The van der Waals surface area contributed by atoms with Crippen molar-refractivity contribution in [2.75, 3.05) is 6.61 Å². The number of halogens is 3. The van der Waals surface area contributed by atoms with Crippen LogP contribution in [0.2, 0.25) is 0 Å². The number of alkyl halides is 3. The largest absolute Gasteiger partial charge is 0.463 e. The van der Waals surface area contributed by atoms with Crippen molar-refractivity contribution >= 4 is 58.6 Å². The van der Waals surface area contributed by atoms with E-state index in [1.54, 1.807) is 13.8 Å². The molecule has 0 aliphatic carbocycles. The fraction of sp³-hybridized carbons (Fsp3) is 0.733. The van der Waals surface area contributed by atoms with Crippen LogP contribution in [0.5, 0.6) is 0 Å². The molecule has 0 saturated heterocycles. The maximum Gasteiger partial charge on any atom is 0.303 e. The molecule has 12 heteroatoms. The molecule has 0 bridgehead atoms. The minimum atomic E-state index is -2.21. The van der Waals surface area contributed by atoms with Crippen molar-refractivity contribution in [3.05, 3.63) is 0 Å². The van der Waals surface area contributed by atoms with Crippen molar-refractivity contribution in [1.82, 2.24) is 0 Å². The van der Waals surface area contributed by atoms with Gasteiger partial charge in [-0.3, -0.25) is 19.8 Å². The van der Waals surface area contributed by atoms with Crippen LogP contribution >= 0.6 is 34.8 Å². The van der Waals surface area contributed by atoms with E-state index < -0.39 is 52.5 Å². The van der Waals surface area contributed by atoms with Crippen LogP contribution in [0, 0.1) is 11.3 Å². The average Bonchev–Trinajstić information content (AvgIpc) is 2.48. The van der Waals surface area contributed by atoms with Crippen LogP contribution in [0.25, 0.3) is 0 Å². The molecule has 0 aromatic heterocycles. The van der Waals surface area contributed by atoms with Crippen molar-refractivity contribution in [2.45, 2.75) is 56.7 Å². The Morgan fingerprint density at radius 3 is 1.78 bits per heavy atom. The van der Waals surface area contributed by atoms with E-state index >= 15 is 0 Å². The third-order valence-electron chi connectivity index (χ3n) is 2.91. The second kappa shape index (κ2) is 11.5. The Labute approximate surface area is 171 Å². The zero-order valence-corrected chi connectivity index (χ0v) is 17.7. The van der Waals surface area contributed by atoms with Gasteiger partial charge in [0.1, 0.15) is 12.7 Å². The summed E-state index contributed by atoms with van der Waals surface area (Å²) in [5.74, 6) is -3.21. The molecule has 0 rings (SSSR count). The molecule has 0 spiro atoms. The zero-order valence-electron chi connectivity index (χ0n) is 15.4. The highest BCUT2D eigenvalue weighted by Gasteiger charge is 2.40. The normalized spacial score (nSPS) is 14.7. The summed E-state index contributed by atoms with van der Waals surface area (Å²) in [5.41, 5.74) is 0. The van der Waals surface area contributed by atoms with E-state index in [0.29, 0.717) is 0 Å². The lowest BCUT2D eigenvalue weighted by Gasteiger charge is -2.33. The highest BCUT2D eigenvalue weighted by atomic mass is 35.6. The van der Waals surface area contributed by atoms with E-state index in [2.05, 4.69) is 4.89 Å². The molecule has 3 atom stereocenters. The molecule has 9 nitrogen and oxygen atoms in total. The van der Waals surface area contributed by atoms with Gasteiger partial charge in [-0.05, 0) is 5.92 Å². The second-order valence-corrected chi connectivity index (χ2v) is 8.02. The Kier molecular flexibility index (Phi) is 11.0. The van der Waals surface area contributed by atoms with Gasteiger partial charge in [-0.15, -0.1) is 0 Å². The lowest BCUT2D eigenvalue weighted by molar-refractivity contribution is -0.299. The van der Waals surface area contributed by atoms with Crippen LogP contribution in [0.15, 0.2) is 0 Å². The summed E-state index contributed by atoms with van der Waals surface area (Å²) < 4.78 is 13.1. The van der Waals surface area contributed by atoms with Crippen molar-refractivity contribution < 1.29 is 38.4 Å². The zero-order chi connectivity index (χ0) is 21.4. The third-order valence-corrected chi connectivity index (χ3v) is 3.43. The molecule has 27 heavy (non-hydrogen) atoms. The second-order valence-electron chi connectivity index (χ2n) is 5.74. The standard InChI is InChI=1S/C15H22Cl3NO8/c1-7(2)12(24-9(4)21)13(25-10(5)22)11(6-23-8(3)20)26-27-14(19)15(16,17)18/h7,11-13,19H,6H2,1-5H3. The summed E-state index contributed by atoms with van der Waals surface area (Å²) in [7, 11) is 0. The number of hydrogen-bond donors (Lipinski definition) is 1. The minimum absolute atomic E-state index is 0.325. The van der Waals surface area contributed by atoms with Gasteiger partial charge in [-0.2, -0.15) is 4.89 Å². The molecule has 0 saturated carbocycles. The van der Waals surface area contributed by atoms with Crippen molar-refractivity contribution in [1.29, 1.82) is 5.41 Å². The molecule has 0 heterocycles. The van der Waals surface area contributed by atoms with Gasteiger partial charge >= 0.3 is 17.9 Å². The number of carbonyl (C=O) groups excluding carboxylic acids is 3. The summed E-state index contributed by atoms with van der Waals surface area (Å²) in [4.78, 5) is 43.8. The van der Waals surface area contributed by atoms with Gasteiger partial charge in [0.2, 0.25) is 0 Å². The van der Waals surface area contributed by atoms with Crippen LogP contribution in [0.3, 0.4) is 0 Å². The monoisotopic (exact) mass is 449 g/mol. The molecule has 3 unspecified atom stereocenters. The van der Waals surface area contributed by atoms with E-state index in [-0.39, 0.29) is 5.92 Å². The smallest absolute Gasteiger partial charge is 0.303 e. The number of rotatable bonds is 9. The quantitative estimate of drug-likeness (QED) is 0.108. The number of nitrogens with one attached hydrogen (secondary N) is 1. The molecule has 0 aliphatic heterocycles. The first-order valence-corrected chi connectivity index (χ1v) is 8.86. The van der Waals surface area contributed by atoms with Crippen molar-refractivity contribution in [3.8, 4) is 0 Å². The molecule has 0 aromatic rings. The Morgan fingerprint density at radius 2 is 1.41 bits per heavy atom. The highest BCUT2D eigenvalue weighted by molar-refractivity contribution is 6.75. The predicted molar refractivity (Wildman–Crippen MR) is 96.6 cm³/mol. The van der Waals surface area contributed by atoms with Crippen LogP contribution < -0.4 is 0 Å². The number of carbonyl (C=O) groups is 3. The lowest BCUT2D eigenvalue weighted by atomic mass is 9.97. The van der Waals surface area contributed by atoms with Crippen molar-refractivity contribution in [2.24, 2.45) is 5.92 Å². The van der Waals surface area contributed by atoms with Gasteiger partial charge in [0, 0.05) is 20.8 Å². The van der Waals surface area contributed by atoms with Crippen LogP contribution in [0.1, 0.15) is 34.6 Å². The fourth-order valence-corrected chi connectivity index (χ4v) is 1.95. The maximum absolute atomic E-state index is 11.5. The van der Waals surface area contributed by atoms with Gasteiger partial charge in [0.15, 0.2) is 12.2 Å². The summed E-state index contributed by atoms with van der Waals surface area (Å²) in [6.45, 7) is 6.41. The third kappa shape index (κ3) is 10.6. The van der Waals surface area contributed by atoms with E-state index in [9.17, 15) is 14.4 Å². The summed E-state index contributed by atoms with van der Waals surface area (Å²) in [6, 6.07) is 0. The van der Waals surface area contributed by atoms with E-state index in [4.69, 9.17) is 59.3 Å². The Hall–Kier alpha value is -1.29. The minimum Gasteiger partial charge on any atom is -0.463 e. The molecule has 0 fully saturated rings. The molecule has 1 N–H and O–H groups in total. The molecule has 0 radical (unpaired) electrons. The van der Waals surface area contributed by atoms with Crippen LogP contribution in [0.4, 0.5) is 0 Å². The van der Waals surface area contributed by atoms with E-state index in [0.717, 1.165) is 13.8 Å². The highest BCUT2D eigenvalue weighted by Crippen LogP contribution is 2.28. The first-order chi connectivity index (χ1) is 12.3. The maximum atomic E-state index is 11.5. The van der Waals surface area contributed by atoms with Gasteiger partial charge < -0.3 is 19.1 Å². The van der Waals surface area contributed by atoms with E-state index in [1.807, 2.05) is 0 Å². The number of esters is 3. The Balaban J connectivity index is 5.64. The predicted octanol–water partition coefficient (Wildman–Crippen LogP) is 2.73. The first-order valence-electron chi connectivity index (χ1n) is 7.72. The lowest BCUT2D eigenvalue weighted by Crippen LogP contribution is -2.49. The van der Waals surface area contributed by atoms with Gasteiger partial charge in [-0.25, -0.2) is 0 Å². The SMILES string of the molecule is CC(=O)OCC(OOC(=N)C(Cl)(Cl)Cl)C(OC(C)=O)C(OC(C)=O)C(C)C. The van der Waals surface area contributed by atoms with E-state index in [1.165, 1.54) is 6.92 Å². The van der Waals surface area contributed by atoms with Gasteiger partial charge in [0.05, 0.1) is 0 Å². The molecule has 0 aliphatic rings. The van der Waals surface area contributed by atoms with Crippen LogP contribution in [-0.2, 0) is 38.4 Å². The first kappa shape index (κ1) is 25.7. The number of hydrogen-bond acceptors (Lipinski definition) is 9. The molecular weight excluding hydrogens is 429 g/mol.